The number of rotatable bonds is 7. The zero-order chi connectivity index (χ0) is 11.8. The molecule has 1 rings (SSSR count). The van der Waals surface area contributed by atoms with Gasteiger partial charge in [0, 0.05) is 24.2 Å². The average Bonchev–Trinajstić information content (AvgIpc) is 2.32. The maximum atomic E-state index is 5.07. The Morgan fingerprint density at radius 3 is 2.56 bits per heavy atom. The Kier molecular flexibility index (Phi) is 6.53. The lowest BCUT2D eigenvalue weighted by Gasteiger charge is -2.23. The summed E-state index contributed by atoms with van der Waals surface area (Å²) >= 11 is 1.94. The van der Waals surface area contributed by atoms with Gasteiger partial charge in [-0.2, -0.15) is 11.8 Å². The van der Waals surface area contributed by atoms with Crippen molar-refractivity contribution in [2.75, 3.05) is 26.5 Å². The van der Waals surface area contributed by atoms with Crippen molar-refractivity contribution in [2.24, 2.45) is 0 Å². The van der Waals surface area contributed by atoms with Gasteiger partial charge in [0.1, 0.15) is 0 Å². The van der Waals surface area contributed by atoms with Crippen LogP contribution in [0.3, 0.4) is 0 Å². The molecule has 2 atom stereocenters. The van der Waals surface area contributed by atoms with Gasteiger partial charge in [-0.3, -0.25) is 0 Å². The molecule has 0 fully saturated rings. The highest BCUT2D eigenvalue weighted by Crippen LogP contribution is 2.25. The van der Waals surface area contributed by atoms with Gasteiger partial charge in [0.25, 0.3) is 0 Å². The maximum absolute atomic E-state index is 5.07. The Hall–Kier alpha value is -0.510. The molecule has 1 aromatic rings. The number of methoxy groups -OCH3 is 1. The molecule has 0 radical (unpaired) electrons. The number of benzene rings is 1. The Labute approximate surface area is 103 Å². The van der Waals surface area contributed by atoms with Crippen molar-refractivity contribution in [1.29, 1.82) is 0 Å². The SMILES string of the molecule is CNC(c1ccccc1)C(C)SCCOC. The lowest BCUT2D eigenvalue weighted by molar-refractivity contribution is 0.218. The molecule has 0 aliphatic rings. The van der Waals surface area contributed by atoms with E-state index in [0.717, 1.165) is 12.4 Å². The van der Waals surface area contributed by atoms with E-state index in [9.17, 15) is 0 Å². The first-order valence-electron chi connectivity index (χ1n) is 5.62. The molecular weight excluding hydrogens is 218 g/mol. The standard InChI is InChI=1S/C13H21NOS/c1-11(16-10-9-15-3)13(14-2)12-7-5-4-6-8-12/h4-8,11,13-14H,9-10H2,1-3H3. The van der Waals surface area contributed by atoms with E-state index in [0.29, 0.717) is 11.3 Å². The van der Waals surface area contributed by atoms with Crippen molar-refractivity contribution >= 4 is 11.8 Å². The predicted molar refractivity (Wildman–Crippen MR) is 72.0 cm³/mol. The summed E-state index contributed by atoms with van der Waals surface area (Å²) in [5.74, 6) is 1.04. The van der Waals surface area contributed by atoms with Crippen LogP contribution in [0.25, 0.3) is 0 Å². The topological polar surface area (TPSA) is 21.3 Å². The van der Waals surface area contributed by atoms with E-state index in [4.69, 9.17) is 4.74 Å². The van der Waals surface area contributed by atoms with Crippen LogP contribution in [0.5, 0.6) is 0 Å². The summed E-state index contributed by atoms with van der Waals surface area (Å²) in [5.41, 5.74) is 1.35. The summed E-state index contributed by atoms with van der Waals surface area (Å²) < 4.78 is 5.07. The highest BCUT2D eigenvalue weighted by atomic mass is 32.2. The molecule has 0 aliphatic carbocycles. The third kappa shape index (κ3) is 4.16. The van der Waals surface area contributed by atoms with Crippen molar-refractivity contribution in [3.05, 3.63) is 35.9 Å². The van der Waals surface area contributed by atoms with E-state index >= 15 is 0 Å². The highest BCUT2D eigenvalue weighted by molar-refractivity contribution is 7.99. The molecule has 90 valence electrons. The molecule has 0 spiro atoms. The van der Waals surface area contributed by atoms with E-state index < -0.39 is 0 Å². The molecule has 0 amide bonds. The molecule has 0 heterocycles. The zero-order valence-corrected chi connectivity index (χ0v) is 11.1. The summed E-state index contributed by atoms with van der Waals surface area (Å²) in [6.07, 6.45) is 0. The van der Waals surface area contributed by atoms with Crippen molar-refractivity contribution in [3.8, 4) is 0 Å². The van der Waals surface area contributed by atoms with Crippen LogP contribution in [-0.2, 0) is 4.74 Å². The van der Waals surface area contributed by atoms with Crippen molar-refractivity contribution in [1.82, 2.24) is 5.32 Å². The summed E-state index contributed by atoms with van der Waals surface area (Å²) in [4.78, 5) is 0. The number of nitrogens with one attached hydrogen (secondary N) is 1. The second-order valence-electron chi connectivity index (χ2n) is 3.75. The third-order valence-electron chi connectivity index (χ3n) is 2.61. The van der Waals surface area contributed by atoms with Crippen LogP contribution >= 0.6 is 11.8 Å². The molecule has 0 bridgehead atoms. The van der Waals surface area contributed by atoms with Gasteiger partial charge < -0.3 is 10.1 Å². The van der Waals surface area contributed by atoms with Gasteiger partial charge in [0.05, 0.1) is 6.61 Å². The number of thioether (sulfide) groups is 1. The Balaban J connectivity index is 2.53. The van der Waals surface area contributed by atoms with E-state index in [-0.39, 0.29) is 0 Å². The first-order valence-corrected chi connectivity index (χ1v) is 6.67. The predicted octanol–water partition coefficient (Wildman–Crippen LogP) is 2.72. The molecule has 2 unspecified atom stereocenters. The fraction of sp³-hybridized carbons (Fsp3) is 0.538. The largest absolute Gasteiger partial charge is 0.384 e. The lowest BCUT2D eigenvalue weighted by Crippen LogP contribution is -2.25. The van der Waals surface area contributed by atoms with Gasteiger partial charge in [-0.15, -0.1) is 0 Å². The van der Waals surface area contributed by atoms with E-state index in [1.54, 1.807) is 7.11 Å². The number of hydrogen-bond donors (Lipinski definition) is 1. The third-order valence-corrected chi connectivity index (χ3v) is 3.81. The van der Waals surface area contributed by atoms with Crippen LogP contribution < -0.4 is 5.32 Å². The van der Waals surface area contributed by atoms with Crippen LogP contribution in [-0.4, -0.2) is 31.8 Å². The van der Waals surface area contributed by atoms with Crippen LogP contribution in [0.2, 0.25) is 0 Å². The number of hydrogen-bond acceptors (Lipinski definition) is 3. The van der Waals surface area contributed by atoms with E-state index in [1.165, 1.54) is 5.56 Å². The molecule has 1 N–H and O–H groups in total. The van der Waals surface area contributed by atoms with Crippen molar-refractivity contribution in [3.63, 3.8) is 0 Å². The molecule has 16 heavy (non-hydrogen) atoms. The minimum atomic E-state index is 0.406. The van der Waals surface area contributed by atoms with Gasteiger partial charge in [0.15, 0.2) is 0 Å². The molecule has 0 aliphatic heterocycles. The minimum absolute atomic E-state index is 0.406. The second-order valence-corrected chi connectivity index (χ2v) is 5.23. The van der Waals surface area contributed by atoms with Crippen LogP contribution in [0.1, 0.15) is 18.5 Å². The fourth-order valence-electron chi connectivity index (χ4n) is 1.75. The van der Waals surface area contributed by atoms with Gasteiger partial charge in [-0.05, 0) is 12.6 Å². The molecular formula is C13H21NOS. The normalized spacial score (nSPS) is 14.7. The Morgan fingerprint density at radius 1 is 1.31 bits per heavy atom. The second kappa shape index (κ2) is 7.71. The Morgan fingerprint density at radius 2 is 2.00 bits per heavy atom. The smallest absolute Gasteiger partial charge is 0.0553 e. The molecule has 3 heteroatoms. The van der Waals surface area contributed by atoms with Crippen LogP contribution in [0.4, 0.5) is 0 Å². The summed E-state index contributed by atoms with van der Waals surface area (Å²) in [5, 5.41) is 3.93. The quantitative estimate of drug-likeness (QED) is 0.739. The summed E-state index contributed by atoms with van der Waals surface area (Å²) in [6.45, 7) is 3.08. The fourth-order valence-corrected chi connectivity index (χ4v) is 2.87. The maximum Gasteiger partial charge on any atom is 0.0553 e. The first kappa shape index (κ1) is 13.6. The molecule has 0 aromatic heterocycles. The van der Waals surface area contributed by atoms with E-state index in [1.807, 2.05) is 18.8 Å². The summed E-state index contributed by atoms with van der Waals surface area (Å²) in [6, 6.07) is 11.0. The first-order chi connectivity index (χ1) is 7.79. The van der Waals surface area contributed by atoms with Crippen molar-refractivity contribution < 1.29 is 4.74 Å². The number of ether oxygens (including phenoxy) is 1. The van der Waals surface area contributed by atoms with Gasteiger partial charge in [-0.1, -0.05) is 37.3 Å². The lowest BCUT2D eigenvalue weighted by atomic mass is 10.0. The van der Waals surface area contributed by atoms with Gasteiger partial charge >= 0.3 is 0 Å². The molecule has 0 saturated carbocycles. The van der Waals surface area contributed by atoms with E-state index in [2.05, 4.69) is 42.6 Å². The Bertz CT molecular complexity index is 279. The van der Waals surface area contributed by atoms with Crippen LogP contribution in [0, 0.1) is 0 Å². The van der Waals surface area contributed by atoms with Crippen LogP contribution in [0.15, 0.2) is 30.3 Å². The zero-order valence-electron chi connectivity index (χ0n) is 10.3. The minimum Gasteiger partial charge on any atom is -0.384 e. The van der Waals surface area contributed by atoms with Crippen molar-refractivity contribution in [2.45, 2.75) is 18.2 Å². The average molecular weight is 239 g/mol. The van der Waals surface area contributed by atoms with Gasteiger partial charge in [0.2, 0.25) is 0 Å². The molecule has 2 nitrogen and oxygen atoms in total. The monoisotopic (exact) mass is 239 g/mol. The van der Waals surface area contributed by atoms with Gasteiger partial charge in [-0.25, -0.2) is 0 Å². The highest BCUT2D eigenvalue weighted by Gasteiger charge is 2.17. The molecule has 0 saturated heterocycles. The summed E-state index contributed by atoms with van der Waals surface area (Å²) in [7, 11) is 3.77. The molecule has 1 aromatic carbocycles.